The number of esters is 1. The molecule has 11 heteroatoms. The maximum atomic E-state index is 12.3. The normalized spacial score (nSPS) is 15.3. The third-order valence-electron chi connectivity index (χ3n) is 4.87. The van der Waals surface area contributed by atoms with Gasteiger partial charge in [-0.05, 0) is 49.6 Å². The predicted octanol–water partition coefficient (Wildman–Crippen LogP) is 2.41. The van der Waals surface area contributed by atoms with Gasteiger partial charge in [0.1, 0.15) is 0 Å². The zero-order valence-electron chi connectivity index (χ0n) is 17.1. The third kappa shape index (κ3) is 4.82. The molecule has 31 heavy (non-hydrogen) atoms. The molecule has 3 rings (SSSR count). The van der Waals surface area contributed by atoms with Crippen LogP contribution >= 0.6 is 0 Å². The quantitative estimate of drug-likeness (QED) is 0.408. The van der Waals surface area contributed by atoms with E-state index in [0.29, 0.717) is 23.2 Å². The van der Waals surface area contributed by atoms with Gasteiger partial charge in [-0.1, -0.05) is 6.07 Å². The van der Waals surface area contributed by atoms with Gasteiger partial charge >= 0.3 is 5.97 Å². The van der Waals surface area contributed by atoms with E-state index in [2.05, 4.69) is 5.32 Å². The minimum atomic E-state index is -3.44. The van der Waals surface area contributed by atoms with Crippen LogP contribution in [0.15, 0.2) is 36.4 Å². The second-order valence-electron chi connectivity index (χ2n) is 7.34. The van der Waals surface area contributed by atoms with Crippen molar-refractivity contribution < 1.29 is 27.7 Å². The minimum Gasteiger partial charge on any atom is -0.452 e. The van der Waals surface area contributed by atoms with Crippen molar-refractivity contribution in [2.45, 2.75) is 26.3 Å². The minimum absolute atomic E-state index is 0.173. The number of nitrogens with one attached hydrogen (secondary N) is 1. The molecule has 1 atom stereocenters. The fraction of sp³-hybridized carbons (Fsp3) is 0.300. The molecule has 164 valence electrons. The standard InChI is InChI=1S/C20H21N3O7S/c1-12-4-6-16(23(26)27)10-17(12)21-19(24)11-30-20(25)14-5-7-18-15(9-14)8-13(2)22(18)31(3,28)29/h4-7,9-10,13H,8,11H2,1-3H3,(H,21,24). The molecule has 0 radical (unpaired) electrons. The van der Waals surface area contributed by atoms with Crippen molar-refractivity contribution in [1.82, 2.24) is 0 Å². The van der Waals surface area contributed by atoms with Crippen molar-refractivity contribution >= 4 is 39.0 Å². The van der Waals surface area contributed by atoms with Crippen LogP contribution in [0.25, 0.3) is 0 Å². The summed E-state index contributed by atoms with van der Waals surface area (Å²) in [5.41, 5.74) is 2.11. The SMILES string of the molecule is Cc1ccc([N+](=O)[O-])cc1NC(=O)COC(=O)c1ccc2c(c1)CC(C)N2S(C)(=O)=O. The number of nitro groups is 1. The van der Waals surface area contributed by atoms with Crippen molar-refractivity contribution in [3.05, 3.63) is 63.2 Å². The zero-order chi connectivity index (χ0) is 22.9. The highest BCUT2D eigenvalue weighted by Gasteiger charge is 2.33. The number of nitro benzene ring substituents is 1. The second kappa shape index (κ2) is 8.34. The van der Waals surface area contributed by atoms with Crippen LogP contribution in [0.3, 0.4) is 0 Å². The summed E-state index contributed by atoms with van der Waals surface area (Å²) in [6.45, 7) is 2.87. The van der Waals surface area contributed by atoms with E-state index in [4.69, 9.17) is 4.74 Å². The predicted molar refractivity (Wildman–Crippen MR) is 114 cm³/mol. The number of anilines is 2. The molecule has 2 aromatic carbocycles. The van der Waals surface area contributed by atoms with Gasteiger partial charge in [-0.25, -0.2) is 13.2 Å². The Hall–Kier alpha value is -3.47. The molecular weight excluding hydrogens is 426 g/mol. The Morgan fingerprint density at radius 1 is 1.26 bits per heavy atom. The summed E-state index contributed by atoms with van der Waals surface area (Å²) in [7, 11) is -3.44. The van der Waals surface area contributed by atoms with E-state index >= 15 is 0 Å². The maximum Gasteiger partial charge on any atom is 0.338 e. The molecule has 0 spiro atoms. The number of hydrogen-bond acceptors (Lipinski definition) is 7. The van der Waals surface area contributed by atoms with Gasteiger partial charge in [-0.2, -0.15) is 0 Å². The van der Waals surface area contributed by atoms with E-state index in [9.17, 15) is 28.1 Å². The number of carbonyl (C=O) groups excluding carboxylic acids is 2. The number of fused-ring (bicyclic) bond motifs is 1. The van der Waals surface area contributed by atoms with Crippen LogP contribution in [-0.2, 0) is 26.0 Å². The first-order valence-electron chi connectivity index (χ1n) is 9.31. The first-order valence-corrected chi connectivity index (χ1v) is 11.2. The smallest absolute Gasteiger partial charge is 0.338 e. The molecule has 1 heterocycles. The third-order valence-corrected chi connectivity index (χ3v) is 6.14. The number of amides is 1. The largest absolute Gasteiger partial charge is 0.452 e. The monoisotopic (exact) mass is 447 g/mol. The van der Waals surface area contributed by atoms with Crippen LogP contribution < -0.4 is 9.62 Å². The molecule has 1 aliphatic heterocycles. The first kappa shape index (κ1) is 22.2. The molecule has 1 unspecified atom stereocenters. The summed E-state index contributed by atoms with van der Waals surface area (Å²) in [5.74, 6) is -1.38. The van der Waals surface area contributed by atoms with Gasteiger partial charge in [0.15, 0.2) is 6.61 Å². The number of aryl methyl sites for hydroxylation is 1. The average molecular weight is 447 g/mol. The molecule has 1 aliphatic rings. The molecule has 0 fully saturated rings. The fourth-order valence-electron chi connectivity index (χ4n) is 3.49. The first-order chi connectivity index (χ1) is 14.5. The number of nitrogens with zero attached hydrogens (tertiary/aromatic N) is 2. The van der Waals surface area contributed by atoms with Crippen LogP contribution in [-0.4, -0.2) is 44.1 Å². The highest BCUT2D eigenvalue weighted by atomic mass is 32.2. The Labute approximate surface area is 179 Å². The number of sulfonamides is 1. The summed E-state index contributed by atoms with van der Waals surface area (Å²) < 4.78 is 30.3. The van der Waals surface area contributed by atoms with Crippen molar-refractivity contribution in [3.63, 3.8) is 0 Å². The van der Waals surface area contributed by atoms with Gasteiger partial charge in [0.05, 0.1) is 28.1 Å². The molecule has 1 amide bonds. The maximum absolute atomic E-state index is 12.3. The van der Waals surface area contributed by atoms with E-state index in [-0.39, 0.29) is 23.0 Å². The van der Waals surface area contributed by atoms with E-state index in [1.54, 1.807) is 26.0 Å². The van der Waals surface area contributed by atoms with Crippen LogP contribution in [0, 0.1) is 17.0 Å². The van der Waals surface area contributed by atoms with Crippen molar-refractivity contribution in [1.29, 1.82) is 0 Å². The summed E-state index contributed by atoms with van der Waals surface area (Å²) in [6.07, 6.45) is 1.58. The van der Waals surface area contributed by atoms with Gasteiger partial charge in [-0.15, -0.1) is 0 Å². The van der Waals surface area contributed by atoms with Gasteiger partial charge in [0.25, 0.3) is 11.6 Å². The molecule has 0 saturated heterocycles. The molecule has 2 aromatic rings. The lowest BCUT2D eigenvalue weighted by Gasteiger charge is -2.21. The Balaban J connectivity index is 1.66. The zero-order valence-corrected chi connectivity index (χ0v) is 17.9. The van der Waals surface area contributed by atoms with Gasteiger partial charge in [0, 0.05) is 18.2 Å². The molecule has 1 N–H and O–H groups in total. The lowest BCUT2D eigenvalue weighted by atomic mass is 10.1. The number of hydrogen-bond donors (Lipinski definition) is 1. The molecule has 0 saturated carbocycles. The summed E-state index contributed by atoms with van der Waals surface area (Å²) in [6, 6.07) is 8.34. The van der Waals surface area contributed by atoms with E-state index in [1.807, 2.05) is 0 Å². The topological polar surface area (TPSA) is 136 Å². The Morgan fingerprint density at radius 3 is 2.61 bits per heavy atom. The van der Waals surface area contributed by atoms with Crippen molar-refractivity contribution in [2.75, 3.05) is 22.5 Å². The van der Waals surface area contributed by atoms with Gasteiger partial charge in [0.2, 0.25) is 10.0 Å². The lowest BCUT2D eigenvalue weighted by Crippen LogP contribution is -2.34. The van der Waals surface area contributed by atoms with Crippen LogP contribution in [0.5, 0.6) is 0 Å². The highest BCUT2D eigenvalue weighted by Crippen LogP contribution is 2.34. The Kier molecular flexibility index (Phi) is 5.98. The number of rotatable bonds is 6. The molecule has 0 aromatic heterocycles. The number of non-ortho nitro benzene ring substituents is 1. The van der Waals surface area contributed by atoms with Crippen LogP contribution in [0.2, 0.25) is 0 Å². The fourth-order valence-corrected chi connectivity index (χ4v) is 4.76. The van der Waals surface area contributed by atoms with E-state index in [1.165, 1.54) is 28.6 Å². The number of benzene rings is 2. The van der Waals surface area contributed by atoms with Crippen molar-refractivity contribution in [3.8, 4) is 0 Å². The van der Waals surface area contributed by atoms with E-state index < -0.39 is 33.4 Å². The van der Waals surface area contributed by atoms with Crippen LogP contribution in [0.4, 0.5) is 17.1 Å². The summed E-state index contributed by atoms with van der Waals surface area (Å²) >= 11 is 0. The summed E-state index contributed by atoms with van der Waals surface area (Å²) in [4.78, 5) is 34.8. The average Bonchev–Trinajstić information content (AvgIpc) is 3.02. The molecule has 0 aliphatic carbocycles. The van der Waals surface area contributed by atoms with E-state index in [0.717, 1.165) is 6.26 Å². The van der Waals surface area contributed by atoms with Crippen LogP contribution in [0.1, 0.15) is 28.4 Å². The second-order valence-corrected chi connectivity index (χ2v) is 9.20. The molecule has 0 bridgehead atoms. The number of ether oxygens (including phenoxy) is 1. The highest BCUT2D eigenvalue weighted by molar-refractivity contribution is 7.92. The molecule has 10 nitrogen and oxygen atoms in total. The Bertz CT molecular complexity index is 1180. The lowest BCUT2D eigenvalue weighted by molar-refractivity contribution is -0.384. The molecular formula is C20H21N3O7S. The Morgan fingerprint density at radius 2 is 1.97 bits per heavy atom. The van der Waals surface area contributed by atoms with Gasteiger partial charge in [-0.3, -0.25) is 19.2 Å². The number of carbonyl (C=O) groups is 2. The van der Waals surface area contributed by atoms with Gasteiger partial charge < -0.3 is 10.1 Å². The summed E-state index contributed by atoms with van der Waals surface area (Å²) in [5, 5.41) is 13.4. The van der Waals surface area contributed by atoms with Crippen molar-refractivity contribution in [2.24, 2.45) is 0 Å².